The van der Waals surface area contributed by atoms with Crippen molar-refractivity contribution in [1.82, 2.24) is 14.5 Å². The summed E-state index contributed by atoms with van der Waals surface area (Å²) in [5.41, 5.74) is 3.75. The van der Waals surface area contributed by atoms with Crippen LogP contribution in [-0.4, -0.2) is 46.1 Å². The van der Waals surface area contributed by atoms with E-state index in [9.17, 15) is 13.6 Å². The van der Waals surface area contributed by atoms with Crippen LogP contribution in [0.25, 0.3) is 28.3 Å². The first-order valence-corrected chi connectivity index (χ1v) is 14.2. The molecule has 1 saturated heterocycles. The maximum Gasteiger partial charge on any atom is 0.255 e. The molecule has 5 rings (SSSR count). The highest BCUT2D eigenvalue weighted by Crippen LogP contribution is 2.38. The molecule has 0 amide bonds. The standard InChI is InChI=1S/C30H31F2N3O2S/c1-19-5-4-6-20(2)28(19)35-18-22(7-10-26(35)36)27-29(24-9-8-23(31)17-25(24)32)37-30(33-27)21-11-13-34(14-12-21)15-16-38-3/h4-10,17-18,21H,11-16H2,1-3H3. The predicted molar refractivity (Wildman–Crippen MR) is 149 cm³/mol. The van der Waals surface area contributed by atoms with Crippen molar-refractivity contribution in [2.45, 2.75) is 32.6 Å². The van der Waals surface area contributed by atoms with E-state index in [1.165, 1.54) is 18.2 Å². The van der Waals surface area contributed by atoms with Gasteiger partial charge in [-0.1, -0.05) is 18.2 Å². The molecule has 1 aliphatic rings. The first-order chi connectivity index (χ1) is 18.4. The van der Waals surface area contributed by atoms with Crippen molar-refractivity contribution in [2.75, 3.05) is 31.6 Å². The molecule has 2 aromatic carbocycles. The average Bonchev–Trinajstić information content (AvgIpc) is 3.34. The van der Waals surface area contributed by atoms with Gasteiger partial charge < -0.3 is 9.32 Å². The molecule has 0 saturated carbocycles. The third-order valence-corrected chi connectivity index (χ3v) is 7.82. The molecular formula is C30H31F2N3O2S. The Morgan fingerprint density at radius 3 is 2.47 bits per heavy atom. The summed E-state index contributed by atoms with van der Waals surface area (Å²) >= 11 is 1.84. The first kappa shape index (κ1) is 26.4. The number of hydrogen-bond acceptors (Lipinski definition) is 5. The number of piperidine rings is 1. The molecule has 1 aliphatic heterocycles. The Balaban J connectivity index is 1.59. The number of thioether (sulfide) groups is 1. The minimum absolute atomic E-state index is 0.0982. The van der Waals surface area contributed by atoms with E-state index in [2.05, 4.69) is 11.2 Å². The van der Waals surface area contributed by atoms with Gasteiger partial charge in [-0.3, -0.25) is 9.36 Å². The summed E-state index contributed by atoms with van der Waals surface area (Å²) in [4.78, 5) is 20.2. The largest absolute Gasteiger partial charge is 0.440 e. The average molecular weight is 536 g/mol. The third-order valence-electron chi connectivity index (χ3n) is 7.23. The highest BCUT2D eigenvalue weighted by Gasteiger charge is 2.28. The zero-order chi connectivity index (χ0) is 26.8. The molecule has 0 atom stereocenters. The Morgan fingerprint density at radius 1 is 1.05 bits per heavy atom. The fourth-order valence-corrected chi connectivity index (χ4v) is 5.62. The van der Waals surface area contributed by atoms with Crippen LogP contribution in [0.4, 0.5) is 8.78 Å². The Kier molecular flexibility index (Phi) is 7.81. The van der Waals surface area contributed by atoms with Crippen LogP contribution < -0.4 is 5.56 Å². The topological polar surface area (TPSA) is 51.3 Å². The van der Waals surface area contributed by atoms with E-state index in [0.29, 0.717) is 17.1 Å². The van der Waals surface area contributed by atoms with Crippen LogP contribution in [0.3, 0.4) is 0 Å². The second-order valence-corrected chi connectivity index (χ2v) is 10.8. The second kappa shape index (κ2) is 11.3. The number of pyridine rings is 1. The van der Waals surface area contributed by atoms with Crippen LogP contribution in [-0.2, 0) is 0 Å². The quantitative estimate of drug-likeness (QED) is 0.267. The van der Waals surface area contributed by atoms with Crippen molar-refractivity contribution in [3.05, 3.63) is 93.7 Å². The van der Waals surface area contributed by atoms with Gasteiger partial charge in [-0.15, -0.1) is 0 Å². The smallest absolute Gasteiger partial charge is 0.255 e. The first-order valence-electron chi connectivity index (χ1n) is 12.8. The zero-order valence-electron chi connectivity index (χ0n) is 21.8. The molecule has 2 aromatic heterocycles. The molecule has 198 valence electrons. The van der Waals surface area contributed by atoms with Crippen molar-refractivity contribution in [3.63, 3.8) is 0 Å². The van der Waals surface area contributed by atoms with Gasteiger partial charge in [0.25, 0.3) is 5.56 Å². The number of para-hydroxylation sites is 1. The maximum atomic E-state index is 15.0. The monoisotopic (exact) mass is 535 g/mol. The van der Waals surface area contributed by atoms with E-state index < -0.39 is 11.6 Å². The Hall–Kier alpha value is -3.23. The van der Waals surface area contributed by atoms with Crippen LogP contribution >= 0.6 is 11.8 Å². The number of nitrogens with zero attached hydrogens (tertiary/aromatic N) is 3. The number of likely N-dealkylation sites (tertiary alicyclic amines) is 1. The molecule has 3 heterocycles. The summed E-state index contributed by atoms with van der Waals surface area (Å²) in [5, 5.41) is 0. The fraction of sp³-hybridized carbons (Fsp3) is 0.333. The highest BCUT2D eigenvalue weighted by atomic mass is 32.2. The normalized spacial score (nSPS) is 14.8. The molecule has 0 bridgehead atoms. The summed E-state index contributed by atoms with van der Waals surface area (Å²) < 4.78 is 36.6. The predicted octanol–water partition coefficient (Wildman–Crippen LogP) is 6.60. The van der Waals surface area contributed by atoms with Gasteiger partial charge in [0.15, 0.2) is 11.7 Å². The summed E-state index contributed by atoms with van der Waals surface area (Å²) in [5.74, 6) is 0.610. The van der Waals surface area contributed by atoms with Crippen molar-refractivity contribution >= 4 is 11.8 Å². The van der Waals surface area contributed by atoms with Crippen molar-refractivity contribution < 1.29 is 13.2 Å². The van der Waals surface area contributed by atoms with Gasteiger partial charge in [0.05, 0.1) is 11.3 Å². The van der Waals surface area contributed by atoms with Gasteiger partial charge in [-0.05, 0) is 75.4 Å². The summed E-state index contributed by atoms with van der Waals surface area (Å²) in [6.07, 6.45) is 5.62. The molecule has 38 heavy (non-hydrogen) atoms. The lowest BCUT2D eigenvalue weighted by Crippen LogP contribution is -2.34. The number of halogens is 2. The van der Waals surface area contributed by atoms with Gasteiger partial charge in [0.2, 0.25) is 0 Å². The molecule has 0 aliphatic carbocycles. The van der Waals surface area contributed by atoms with Crippen LogP contribution in [0.1, 0.15) is 35.8 Å². The van der Waals surface area contributed by atoms with Crippen molar-refractivity contribution in [3.8, 4) is 28.3 Å². The van der Waals surface area contributed by atoms with Gasteiger partial charge in [-0.25, -0.2) is 13.8 Å². The zero-order valence-corrected chi connectivity index (χ0v) is 22.7. The van der Waals surface area contributed by atoms with E-state index in [0.717, 1.165) is 61.1 Å². The molecular weight excluding hydrogens is 504 g/mol. The lowest BCUT2D eigenvalue weighted by atomic mass is 9.97. The second-order valence-electron chi connectivity index (χ2n) is 9.83. The molecule has 0 N–H and O–H groups in total. The summed E-state index contributed by atoms with van der Waals surface area (Å²) in [6.45, 7) is 6.86. The minimum atomic E-state index is -0.719. The lowest BCUT2D eigenvalue weighted by molar-refractivity contribution is 0.211. The molecule has 0 spiro atoms. The van der Waals surface area contributed by atoms with E-state index in [1.807, 2.05) is 43.8 Å². The third kappa shape index (κ3) is 5.33. The molecule has 1 fully saturated rings. The minimum Gasteiger partial charge on any atom is -0.440 e. The van der Waals surface area contributed by atoms with Crippen LogP contribution in [0.15, 0.2) is 63.9 Å². The molecule has 8 heteroatoms. The fourth-order valence-electron chi connectivity index (χ4n) is 5.17. The maximum absolute atomic E-state index is 15.0. The Bertz CT molecular complexity index is 1490. The Morgan fingerprint density at radius 2 is 1.79 bits per heavy atom. The number of oxazole rings is 1. The molecule has 0 radical (unpaired) electrons. The lowest BCUT2D eigenvalue weighted by Gasteiger charge is -2.30. The van der Waals surface area contributed by atoms with Crippen molar-refractivity contribution in [1.29, 1.82) is 0 Å². The van der Waals surface area contributed by atoms with E-state index in [4.69, 9.17) is 9.40 Å². The van der Waals surface area contributed by atoms with Gasteiger partial charge in [-0.2, -0.15) is 11.8 Å². The molecule has 4 aromatic rings. The van der Waals surface area contributed by atoms with Gasteiger partial charge in [0.1, 0.15) is 17.3 Å². The summed E-state index contributed by atoms with van der Waals surface area (Å²) in [7, 11) is 0. The highest BCUT2D eigenvalue weighted by molar-refractivity contribution is 7.98. The number of aryl methyl sites for hydroxylation is 2. The van der Waals surface area contributed by atoms with E-state index in [-0.39, 0.29) is 22.8 Å². The summed E-state index contributed by atoms with van der Waals surface area (Å²) in [6, 6.07) is 12.5. The van der Waals surface area contributed by atoms with Crippen molar-refractivity contribution in [2.24, 2.45) is 0 Å². The van der Waals surface area contributed by atoms with Crippen LogP contribution in [0.5, 0.6) is 0 Å². The van der Waals surface area contributed by atoms with E-state index in [1.54, 1.807) is 16.8 Å². The molecule has 5 nitrogen and oxygen atoms in total. The van der Waals surface area contributed by atoms with Crippen LogP contribution in [0.2, 0.25) is 0 Å². The number of aromatic nitrogens is 2. The van der Waals surface area contributed by atoms with Crippen LogP contribution in [0, 0.1) is 25.5 Å². The number of benzene rings is 2. The van der Waals surface area contributed by atoms with Gasteiger partial charge >= 0.3 is 0 Å². The number of hydrogen-bond donors (Lipinski definition) is 0. The Labute approximate surface area is 225 Å². The van der Waals surface area contributed by atoms with Gasteiger partial charge in [0, 0.05) is 42.1 Å². The van der Waals surface area contributed by atoms with E-state index >= 15 is 0 Å². The molecule has 0 unspecified atom stereocenters. The SMILES string of the molecule is CSCCN1CCC(c2nc(-c3ccc(=O)n(-c4c(C)cccc4C)c3)c(-c3ccc(F)cc3F)o2)CC1. The number of rotatable bonds is 7.